The Morgan fingerprint density at radius 1 is 0.625 bits per heavy atom. The van der Waals surface area contributed by atoms with Crippen LogP contribution in [-0.4, -0.2) is 93.1 Å². The Morgan fingerprint density at radius 2 is 0.964 bits per heavy atom. The van der Waals surface area contributed by atoms with Crippen LogP contribution in [0.25, 0.3) is 33.6 Å². The van der Waals surface area contributed by atoms with Crippen molar-refractivity contribution in [1.29, 1.82) is 0 Å². The van der Waals surface area contributed by atoms with E-state index in [0.717, 1.165) is 59.3 Å². The van der Waals surface area contributed by atoms with Crippen LogP contribution in [0.2, 0.25) is 0 Å². The Morgan fingerprint density at radius 3 is 1.29 bits per heavy atom. The van der Waals surface area contributed by atoms with Crippen LogP contribution in [0.4, 0.5) is 9.59 Å². The molecular formula is C42H54N8O6. The second-order valence-corrected chi connectivity index (χ2v) is 15.9. The van der Waals surface area contributed by atoms with Crippen molar-refractivity contribution >= 4 is 24.0 Å². The smallest absolute Gasteiger partial charge is 0.407 e. The van der Waals surface area contributed by atoms with Crippen LogP contribution in [0, 0.1) is 11.8 Å². The van der Waals surface area contributed by atoms with Gasteiger partial charge in [-0.25, -0.2) is 19.6 Å². The summed E-state index contributed by atoms with van der Waals surface area (Å²) in [6.45, 7) is 12.8. The van der Waals surface area contributed by atoms with Crippen molar-refractivity contribution in [3.05, 3.63) is 72.6 Å². The van der Waals surface area contributed by atoms with E-state index in [0.29, 0.717) is 24.7 Å². The van der Waals surface area contributed by atoms with Gasteiger partial charge in [0.15, 0.2) is 0 Å². The maximum atomic E-state index is 13.7. The lowest BCUT2D eigenvalue weighted by atomic mass is 9.95. The molecule has 2 aliphatic rings. The summed E-state index contributed by atoms with van der Waals surface area (Å²) in [4.78, 5) is 71.6. The third kappa shape index (κ3) is 7.74. The molecular weight excluding hydrogens is 713 g/mol. The summed E-state index contributed by atoms with van der Waals surface area (Å²) >= 11 is 0. The van der Waals surface area contributed by atoms with Gasteiger partial charge in [-0.15, -0.1) is 0 Å². The lowest BCUT2D eigenvalue weighted by molar-refractivity contribution is -0.139. The molecule has 2 aromatic carbocycles. The van der Waals surface area contributed by atoms with E-state index in [4.69, 9.17) is 19.4 Å². The number of H-pyrrole nitrogens is 2. The standard InChI is InChI=1S/C42H54N8O6/c1-25(2)33(47-39(53)55-7)35(51)49-21-9-19-41(49,5)37-43-23-31(45-37)29-15-11-27(12-16-29)28-13-17-30(18-14-28)32-24-44-38(46-32)42(6)20-10-22-50(42)36(52)34(26(3)4)48-40(54)56-8/h11-18,23-26,33-34H,9-10,19-22H2,1-8H3,(H,43,45)(H,44,46)(H,47,53)(H,48,54). The van der Waals surface area contributed by atoms with Gasteiger partial charge in [-0.05, 0) is 73.6 Å². The highest BCUT2D eigenvalue weighted by Gasteiger charge is 2.47. The number of methoxy groups -OCH3 is 2. The zero-order valence-corrected chi connectivity index (χ0v) is 33.6. The second kappa shape index (κ2) is 16.2. The van der Waals surface area contributed by atoms with E-state index in [1.54, 1.807) is 12.4 Å². The molecule has 0 saturated carbocycles. The molecule has 0 radical (unpaired) electrons. The fraction of sp³-hybridized carbons (Fsp3) is 0.476. The summed E-state index contributed by atoms with van der Waals surface area (Å²) in [6, 6.07) is 15.1. The monoisotopic (exact) mass is 766 g/mol. The van der Waals surface area contributed by atoms with E-state index in [1.165, 1.54) is 14.2 Å². The van der Waals surface area contributed by atoms with Crippen molar-refractivity contribution in [3.8, 4) is 33.6 Å². The molecule has 56 heavy (non-hydrogen) atoms. The molecule has 0 aliphatic carbocycles. The van der Waals surface area contributed by atoms with Crippen LogP contribution in [0.15, 0.2) is 60.9 Å². The molecule has 4 N–H and O–H groups in total. The normalized spacial score (nSPS) is 20.6. The summed E-state index contributed by atoms with van der Waals surface area (Å²) < 4.78 is 9.56. The van der Waals surface area contributed by atoms with Crippen molar-refractivity contribution in [1.82, 2.24) is 40.4 Å². The Hall–Kier alpha value is -5.66. The number of hydrogen-bond donors (Lipinski definition) is 4. The van der Waals surface area contributed by atoms with Gasteiger partial charge in [-0.3, -0.25) is 9.59 Å². The number of nitrogens with one attached hydrogen (secondary N) is 4. The van der Waals surface area contributed by atoms with Gasteiger partial charge < -0.3 is 39.9 Å². The number of aromatic amines is 2. The molecule has 14 heteroatoms. The number of aromatic nitrogens is 4. The molecule has 0 spiro atoms. The van der Waals surface area contributed by atoms with Gasteiger partial charge >= 0.3 is 12.2 Å². The van der Waals surface area contributed by atoms with Gasteiger partial charge in [0.2, 0.25) is 11.8 Å². The summed E-state index contributed by atoms with van der Waals surface area (Å²) in [5.74, 6) is 0.864. The molecule has 14 nitrogen and oxygen atoms in total. The van der Waals surface area contributed by atoms with Crippen molar-refractivity contribution in [2.75, 3.05) is 27.3 Å². The van der Waals surface area contributed by atoms with Crippen molar-refractivity contribution < 1.29 is 28.7 Å². The number of hydrogen-bond acceptors (Lipinski definition) is 8. The van der Waals surface area contributed by atoms with Crippen molar-refractivity contribution in [2.24, 2.45) is 11.8 Å². The minimum atomic E-state index is -0.710. The zero-order valence-electron chi connectivity index (χ0n) is 33.6. The van der Waals surface area contributed by atoms with Gasteiger partial charge in [-0.1, -0.05) is 76.2 Å². The summed E-state index contributed by atoms with van der Waals surface area (Å²) in [7, 11) is 2.58. The summed E-state index contributed by atoms with van der Waals surface area (Å²) in [5, 5.41) is 5.42. The molecule has 4 amide bonds. The lowest BCUT2D eigenvalue weighted by Gasteiger charge is -2.37. The first-order valence-corrected chi connectivity index (χ1v) is 19.3. The van der Waals surface area contributed by atoms with E-state index in [-0.39, 0.29) is 23.7 Å². The first-order chi connectivity index (χ1) is 26.7. The van der Waals surface area contributed by atoms with Crippen LogP contribution < -0.4 is 10.6 Å². The highest BCUT2D eigenvalue weighted by Crippen LogP contribution is 2.40. The maximum absolute atomic E-state index is 13.7. The third-order valence-corrected chi connectivity index (χ3v) is 11.5. The quantitative estimate of drug-likeness (QED) is 0.133. The van der Waals surface area contributed by atoms with Crippen LogP contribution in [0.5, 0.6) is 0 Å². The molecule has 2 aliphatic heterocycles. The number of likely N-dealkylation sites (tertiary alicyclic amines) is 2. The van der Waals surface area contributed by atoms with Gasteiger partial charge in [0.05, 0.1) is 49.1 Å². The molecule has 2 fully saturated rings. The third-order valence-electron chi connectivity index (χ3n) is 11.5. The van der Waals surface area contributed by atoms with Crippen LogP contribution in [0.3, 0.4) is 0 Å². The number of benzene rings is 2. The molecule has 298 valence electrons. The minimum absolute atomic E-state index is 0.121. The molecule has 2 aromatic heterocycles. The van der Waals surface area contributed by atoms with Crippen LogP contribution in [-0.2, 0) is 30.1 Å². The van der Waals surface area contributed by atoms with Gasteiger partial charge in [0, 0.05) is 13.1 Å². The minimum Gasteiger partial charge on any atom is -0.453 e. The number of alkyl carbamates (subject to hydrolysis) is 2. The first-order valence-electron chi connectivity index (χ1n) is 19.3. The van der Waals surface area contributed by atoms with E-state index < -0.39 is 35.3 Å². The topological polar surface area (TPSA) is 175 Å². The van der Waals surface area contributed by atoms with Gasteiger partial charge in [0.25, 0.3) is 0 Å². The average Bonchev–Trinajstić information content (AvgIpc) is 4.02. The Bertz CT molecular complexity index is 1890. The Labute approximate surface area is 328 Å². The fourth-order valence-electron chi connectivity index (χ4n) is 8.03. The number of imidazole rings is 2. The number of carbonyl (C=O) groups excluding carboxylic acids is 4. The van der Waals surface area contributed by atoms with E-state index in [2.05, 4.69) is 69.1 Å². The zero-order chi connectivity index (χ0) is 40.4. The molecule has 4 heterocycles. The van der Waals surface area contributed by atoms with Crippen LogP contribution in [0.1, 0.15) is 78.9 Å². The molecule has 4 unspecified atom stereocenters. The molecule has 4 aromatic rings. The molecule has 2 saturated heterocycles. The van der Waals surface area contributed by atoms with Gasteiger partial charge in [0.1, 0.15) is 23.7 Å². The number of carbonyl (C=O) groups is 4. The largest absolute Gasteiger partial charge is 0.453 e. The maximum Gasteiger partial charge on any atom is 0.407 e. The van der Waals surface area contributed by atoms with E-state index >= 15 is 0 Å². The van der Waals surface area contributed by atoms with Gasteiger partial charge in [-0.2, -0.15) is 0 Å². The highest BCUT2D eigenvalue weighted by atomic mass is 16.5. The number of nitrogens with zero attached hydrogens (tertiary/aromatic N) is 4. The van der Waals surface area contributed by atoms with E-state index in [1.807, 2.05) is 51.3 Å². The fourth-order valence-corrected chi connectivity index (χ4v) is 8.03. The lowest BCUT2D eigenvalue weighted by Crippen LogP contribution is -2.55. The average molecular weight is 767 g/mol. The second-order valence-electron chi connectivity index (χ2n) is 15.9. The summed E-state index contributed by atoms with van der Waals surface area (Å²) in [6.07, 6.45) is 5.49. The van der Waals surface area contributed by atoms with Crippen molar-refractivity contribution in [2.45, 2.75) is 90.4 Å². The van der Waals surface area contributed by atoms with Crippen LogP contribution >= 0.6 is 0 Å². The number of ether oxygens (including phenoxy) is 2. The molecule has 0 bridgehead atoms. The number of amides is 4. The van der Waals surface area contributed by atoms with E-state index in [9.17, 15) is 19.2 Å². The molecule has 6 rings (SSSR count). The first kappa shape index (κ1) is 40.0. The predicted octanol–water partition coefficient (Wildman–Crippen LogP) is 6.57. The molecule has 4 atom stereocenters. The number of rotatable bonds is 11. The Balaban J connectivity index is 1.14. The predicted molar refractivity (Wildman–Crippen MR) is 212 cm³/mol. The Kier molecular flexibility index (Phi) is 11.6. The highest BCUT2D eigenvalue weighted by molar-refractivity contribution is 5.87. The van der Waals surface area contributed by atoms with Crippen molar-refractivity contribution in [3.63, 3.8) is 0 Å². The summed E-state index contributed by atoms with van der Waals surface area (Å²) in [5.41, 5.74) is 4.43. The SMILES string of the molecule is COC(=O)NC(C(=O)N1CCCC1(C)c1ncc(-c2ccc(-c3ccc(-c4cnc(C5(C)CCCN5C(=O)C(NC(=O)OC)C(C)C)[nH]4)cc3)cc2)[nH]1)C(C)C.